The normalized spacial score (nSPS) is 13.1. The quantitative estimate of drug-likeness (QED) is 0.805. The second kappa shape index (κ2) is 5.89. The number of carboxylic acids is 1. The van der Waals surface area contributed by atoms with E-state index in [4.69, 9.17) is 5.11 Å². The molecule has 5 heteroatoms. The second-order valence-electron chi connectivity index (χ2n) is 4.75. The molecule has 0 aliphatic heterocycles. The molecule has 1 atom stereocenters. The zero-order valence-electron chi connectivity index (χ0n) is 11.6. The number of carbonyl (C=O) groups is 2. The van der Waals surface area contributed by atoms with Crippen LogP contribution in [0, 0.1) is 0 Å². The fourth-order valence-corrected chi connectivity index (χ4v) is 1.43. The number of hydrogen-bond acceptors (Lipinski definition) is 2. The van der Waals surface area contributed by atoms with E-state index in [1.54, 1.807) is 4.90 Å². The van der Waals surface area contributed by atoms with Crippen LogP contribution in [-0.4, -0.2) is 52.1 Å². The summed E-state index contributed by atoms with van der Waals surface area (Å²) >= 11 is 0. The standard InChI is InChI=1S/C12H24N2O3/c1-7-9(3)14(8-2)11(17)13(6)12(4,5)10(15)16/h9H,7-8H2,1-6H3,(H,15,16). The third kappa shape index (κ3) is 3.35. The lowest BCUT2D eigenvalue weighted by atomic mass is 10.0. The van der Waals surface area contributed by atoms with Gasteiger partial charge in [-0.1, -0.05) is 6.92 Å². The van der Waals surface area contributed by atoms with Gasteiger partial charge in [-0.05, 0) is 34.1 Å². The van der Waals surface area contributed by atoms with Crippen LogP contribution in [0.4, 0.5) is 4.79 Å². The van der Waals surface area contributed by atoms with Crippen LogP contribution in [0.15, 0.2) is 0 Å². The van der Waals surface area contributed by atoms with E-state index in [1.165, 1.54) is 25.8 Å². The Hall–Kier alpha value is -1.26. The maximum Gasteiger partial charge on any atom is 0.329 e. The number of rotatable bonds is 5. The molecule has 0 aromatic heterocycles. The Morgan fingerprint density at radius 3 is 2.06 bits per heavy atom. The first-order valence-electron chi connectivity index (χ1n) is 5.97. The molecule has 100 valence electrons. The first-order valence-corrected chi connectivity index (χ1v) is 5.97. The minimum atomic E-state index is -1.20. The molecular weight excluding hydrogens is 220 g/mol. The zero-order chi connectivity index (χ0) is 13.8. The van der Waals surface area contributed by atoms with Gasteiger partial charge in [-0.3, -0.25) is 0 Å². The summed E-state index contributed by atoms with van der Waals surface area (Å²) in [5.74, 6) is -1.01. The third-order valence-electron chi connectivity index (χ3n) is 3.36. The van der Waals surface area contributed by atoms with Gasteiger partial charge in [-0.25, -0.2) is 9.59 Å². The summed E-state index contributed by atoms with van der Waals surface area (Å²) in [6.07, 6.45) is 0.848. The molecule has 1 N–H and O–H groups in total. The van der Waals surface area contributed by atoms with Gasteiger partial charge in [0.1, 0.15) is 5.54 Å². The van der Waals surface area contributed by atoms with Gasteiger partial charge in [0.05, 0.1) is 0 Å². The topological polar surface area (TPSA) is 60.9 Å². The molecule has 0 aliphatic rings. The van der Waals surface area contributed by atoms with Crippen LogP contribution >= 0.6 is 0 Å². The number of likely N-dealkylation sites (N-methyl/N-ethyl adjacent to an activating group) is 1. The van der Waals surface area contributed by atoms with E-state index in [0.29, 0.717) is 6.54 Å². The molecule has 0 aromatic rings. The van der Waals surface area contributed by atoms with Gasteiger partial charge in [0.25, 0.3) is 0 Å². The summed E-state index contributed by atoms with van der Waals surface area (Å²) in [5.41, 5.74) is -1.20. The van der Waals surface area contributed by atoms with Gasteiger partial charge in [0.15, 0.2) is 0 Å². The van der Waals surface area contributed by atoms with Crippen molar-refractivity contribution in [1.82, 2.24) is 9.80 Å². The van der Waals surface area contributed by atoms with Crippen molar-refractivity contribution in [2.45, 2.75) is 52.6 Å². The highest BCUT2D eigenvalue weighted by Gasteiger charge is 2.37. The van der Waals surface area contributed by atoms with Crippen molar-refractivity contribution in [3.05, 3.63) is 0 Å². The summed E-state index contributed by atoms with van der Waals surface area (Å²) in [7, 11) is 1.53. The van der Waals surface area contributed by atoms with Crippen LogP contribution in [0.25, 0.3) is 0 Å². The fraction of sp³-hybridized carbons (Fsp3) is 0.833. The molecule has 0 aromatic carbocycles. The fourth-order valence-electron chi connectivity index (χ4n) is 1.43. The number of hydrogen-bond donors (Lipinski definition) is 1. The first-order chi connectivity index (χ1) is 7.69. The molecule has 17 heavy (non-hydrogen) atoms. The Morgan fingerprint density at radius 1 is 1.29 bits per heavy atom. The minimum Gasteiger partial charge on any atom is -0.480 e. The number of nitrogens with zero attached hydrogens (tertiary/aromatic N) is 2. The Morgan fingerprint density at radius 2 is 1.76 bits per heavy atom. The van der Waals surface area contributed by atoms with Crippen molar-refractivity contribution in [3.63, 3.8) is 0 Å². The number of amides is 2. The van der Waals surface area contributed by atoms with Gasteiger partial charge in [-0.2, -0.15) is 0 Å². The summed E-state index contributed by atoms with van der Waals surface area (Å²) in [6.45, 7) is 9.49. The van der Waals surface area contributed by atoms with E-state index in [-0.39, 0.29) is 12.1 Å². The molecule has 0 bridgehead atoms. The number of carbonyl (C=O) groups excluding carboxylic acids is 1. The lowest BCUT2D eigenvalue weighted by Crippen LogP contribution is -2.56. The summed E-state index contributed by atoms with van der Waals surface area (Å²) in [4.78, 5) is 26.3. The molecule has 0 fully saturated rings. The van der Waals surface area contributed by atoms with Crippen molar-refractivity contribution >= 4 is 12.0 Å². The van der Waals surface area contributed by atoms with Gasteiger partial charge in [0.2, 0.25) is 0 Å². The van der Waals surface area contributed by atoms with Gasteiger partial charge in [0, 0.05) is 19.6 Å². The molecule has 1 unspecified atom stereocenters. The SMILES string of the molecule is CCC(C)N(CC)C(=O)N(C)C(C)(C)C(=O)O. The Kier molecular flexibility index (Phi) is 5.45. The average Bonchev–Trinajstić information content (AvgIpc) is 2.27. The van der Waals surface area contributed by atoms with Crippen molar-refractivity contribution in [3.8, 4) is 0 Å². The molecule has 2 amide bonds. The maximum atomic E-state index is 12.2. The highest BCUT2D eigenvalue weighted by molar-refractivity contribution is 5.85. The van der Waals surface area contributed by atoms with Crippen molar-refractivity contribution in [2.24, 2.45) is 0 Å². The predicted molar refractivity (Wildman–Crippen MR) is 67.0 cm³/mol. The lowest BCUT2D eigenvalue weighted by Gasteiger charge is -2.37. The largest absolute Gasteiger partial charge is 0.480 e. The molecule has 0 heterocycles. The van der Waals surface area contributed by atoms with Crippen LogP contribution in [0.2, 0.25) is 0 Å². The van der Waals surface area contributed by atoms with E-state index in [0.717, 1.165) is 6.42 Å². The van der Waals surface area contributed by atoms with E-state index in [9.17, 15) is 9.59 Å². The average molecular weight is 244 g/mol. The number of aliphatic carboxylic acids is 1. The summed E-state index contributed by atoms with van der Waals surface area (Å²) in [5, 5.41) is 9.10. The smallest absolute Gasteiger partial charge is 0.329 e. The number of carboxylic acid groups (broad SMARTS) is 1. The molecule has 0 saturated heterocycles. The molecule has 0 rings (SSSR count). The van der Waals surface area contributed by atoms with Crippen molar-refractivity contribution < 1.29 is 14.7 Å². The van der Waals surface area contributed by atoms with Crippen LogP contribution in [-0.2, 0) is 4.79 Å². The zero-order valence-corrected chi connectivity index (χ0v) is 11.6. The monoisotopic (exact) mass is 244 g/mol. The van der Waals surface area contributed by atoms with E-state index < -0.39 is 11.5 Å². The second-order valence-corrected chi connectivity index (χ2v) is 4.75. The van der Waals surface area contributed by atoms with Crippen LogP contribution < -0.4 is 0 Å². The highest BCUT2D eigenvalue weighted by Crippen LogP contribution is 2.16. The lowest BCUT2D eigenvalue weighted by molar-refractivity contribution is -0.147. The van der Waals surface area contributed by atoms with Crippen LogP contribution in [0.1, 0.15) is 41.0 Å². The van der Waals surface area contributed by atoms with E-state index >= 15 is 0 Å². The highest BCUT2D eigenvalue weighted by atomic mass is 16.4. The Balaban J connectivity index is 4.97. The van der Waals surface area contributed by atoms with E-state index in [1.807, 2.05) is 20.8 Å². The predicted octanol–water partition coefficient (Wildman–Crippen LogP) is 2.02. The van der Waals surface area contributed by atoms with E-state index in [2.05, 4.69) is 0 Å². The molecule has 0 spiro atoms. The van der Waals surface area contributed by atoms with Gasteiger partial charge < -0.3 is 14.9 Å². The van der Waals surface area contributed by atoms with Crippen LogP contribution in [0.3, 0.4) is 0 Å². The molecule has 5 nitrogen and oxygen atoms in total. The third-order valence-corrected chi connectivity index (χ3v) is 3.36. The number of urea groups is 1. The molecule has 0 saturated carbocycles. The first kappa shape index (κ1) is 15.7. The summed E-state index contributed by atoms with van der Waals surface area (Å²) < 4.78 is 0. The Bertz CT molecular complexity index is 289. The molecular formula is C12H24N2O3. The van der Waals surface area contributed by atoms with Crippen molar-refractivity contribution in [1.29, 1.82) is 0 Å². The van der Waals surface area contributed by atoms with Crippen molar-refractivity contribution in [2.75, 3.05) is 13.6 Å². The molecule has 0 aliphatic carbocycles. The summed E-state index contributed by atoms with van der Waals surface area (Å²) in [6, 6.07) is -0.131. The maximum absolute atomic E-state index is 12.2. The van der Waals surface area contributed by atoms with Gasteiger partial charge >= 0.3 is 12.0 Å². The minimum absolute atomic E-state index is 0.111. The van der Waals surface area contributed by atoms with Crippen LogP contribution in [0.5, 0.6) is 0 Å². The molecule has 0 radical (unpaired) electrons. The van der Waals surface area contributed by atoms with Gasteiger partial charge in [-0.15, -0.1) is 0 Å². The Labute approximate surface area is 103 Å².